The molecule has 0 spiro atoms. The molecular formula is C25H27NO4S2. The van der Waals surface area contributed by atoms with Gasteiger partial charge < -0.3 is 9.52 Å². The van der Waals surface area contributed by atoms with E-state index in [0.717, 1.165) is 30.6 Å². The van der Waals surface area contributed by atoms with Gasteiger partial charge in [-0.2, -0.15) is 0 Å². The molecule has 1 N–H and O–H groups in total. The van der Waals surface area contributed by atoms with Gasteiger partial charge in [0.1, 0.15) is 15.8 Å². The lowest BCUT2D eigenvalue weighted by Crippen LogP contribution is -2.42. The van der Waals surface area contributed by atoms with Crippen LogP contribution in [0.1, 0.15) is 56.8 Å². The van der Waals surface area contributed by atoms with Gasteiger partial charge in [0.05, 0.1) is 10.8 Å². The van der Waals surface area contributed by atoms with Crippen molar-refractivity contribution in [3.05, 3.63) is 52.6 Å². The van der Waals surface area contributed by atoms with E-state index in [4.69, 9.17) is 16.6 Å². The number of amides is 1. The fourth-order valence-corrected chi connectivity index (χ4v) is 5.73. The summed E-state index contributed by atoms with van der Waals surface area (Å²) in [6.07, 6.45) is 7.85. The monoisotopic (exact) mass is 469 g/mol. The molecule has 2 unspecified atom stereocenters. The first-order valence-corrected chi connectivity index (χ1v) is 12.4. The van der Waals surface area contributed by atoms with Gasteiger partial charge in [0, 0.05) is 17.7 Å². The Hall–Kier alpha value is -2.38. The maximum Gasteiger partial charge on any atom is 0.306 e. The molecule has 2 aliphatic rings. The molecule has 1 aliphatic heterocycles. The van der Waals surface area contributed by atoms with Crippen LogP contribution in [0.25, 0.3) is 17.4 Å². The molecule has 0 radical (unpaired) electrons. The van der Waals surface area contributed by atoms with Gasteiger partial charge in [-0.25, -0.2) is 0 Å². The molecule has 2 atom stereocenters. The zero-order chi connectivity index (χ0) is 22.7. The van der Waals surface area contributed by atoms with Crippen molar-refractivity contribution in [1.82, 2.24) is 4.90 Å². The summed E-state index contributed by atoms with van der Waals surface area (Å²) >= 11 is 6.73. The van der Waals surface area contributed by atoms with E-state index in [-0.39, 0.29) is 11.9 Å². The van der Waals surface area contributed by atoms with Crippen LogP contribution in [0.3, 0.4) is 0 Å². The van der Waals surface area contributed by atoms with E-state index in [2.05, 4.69) is 31.2 Å². The highest BCUT2D eigenvalue weighted by atomic mass is 32.2. The van der Waals surface area contributed by atoms with Gasteiger partial charge >= 0.3 is 5.97 Å². The number of rotatable bonds is 7. The zero-order valence-electron chi connectivity index (χ0n) is 18.1. The summed E-state index contributed by atoms with van der Waals surface area (Å²) in [6, 6.07) is 12.0. The Bertz CT molecular complexity index is 1040. The molecule has 32 heavy (non-hydrogen) atoms. The largest absolute Gasteiger partial charge is 0.481 e. The number of unbranched alkanes of at least 4 members (excludes halogenated alkanes) is 1. The molecule has 4 rings (SSSR count). The van der Waals surface area contributed by atoms with Crippen molar-refractivity contribution in [1.29, 1.82) is 0 Å². The number of carboxylic acids is 1. The van der Waals surface area contributed by atoms with E-state index in [1.165, 1.54) is 30.2 Å². The summed E-state index contributed by atoms with van der Waals surface area (Å²) in [5, 5.41) is 9.36. The number of furan rings is 1. The first-order chi connectivity index (χ1) is 15.5. The average molecular weight is 470 g/mol. The van der Waals surface area contributed by atoms with Crippen molar-refractivity contribution >= 4 is 46.3 Å². The van der Waals surface area contributed by atoms with Crippen molar-refractivity contribution in [2.45, 2.75) is 57.9 Å². The van der Waals surface area contributed by atoms with Crippen molar-refractivity contribution in [3.63, 3.8) is 0 Å². The van der Waals surface area contributed by atoms with Crippen LogP contribution >= 0.6 is 24.0 Å². The molecule has 1 aliphatic carbocycles. The lowest BCUT2D eigenvalue weighted by Gasteiger charge is -2.32. The van der Waals surface area contributed by atoms with Crippen LogP contribution in [0.5, 0.6) is 0 Å². The number of benzene rings is 1. The number of carbonyl (C=O) groups excluding carboxylic acids is 1. The fourth-order valence-electron chi connectivity index (χ4n) is 4.35. The van der Waals surface area contributed by atoms with Crippen LogP contribution in [0.4, 0.5) is 0 Å². The van der Waals surface area contributed by atoms with Gasteiger partial charge in [-0.3, -0.25) is 14.5 Å². The van der Waals surface area contributed by atoms with Crippen LogP contribution in [-0.2, 0) is 16.0 Å². The Morgan fingerprint density at radius 2 is 2.03 bits per heavy atom. The number of aryl methyl sites for hydroxylation is 1. The summed E-state index contributed by atoms with van der Waals surface area (Å²) in [5.41, 5.74) is 2.32. The quantitative estimate of drug-likeness (QED) is 0.388. The molecule has 2 heterocycles. The third-order valence-electron chi connectivity index (χ3n) is 6.14. The van der Waals surface area contributed by atoms with Gasteiger partial charge in [-0.05, 0) is 49.8 Å². The maximum atomic E-state index is 13.1. The Kier molecular flexibility index (Phi) is 7.16. The number of thiocarbonyl (C=S) groups is 1. The van der Waals surface area contributed by atoms with Crippen LogP contribution < -0.4 is 0 Å². The van der Waals surface area contributed by atoms with Gasteiger partial charge in [0.2, 0.25) is 0 Å². The topological polar surface area (TPSA) is 70.8 Å². The average Bonchev–Trinajstić information content (AvgIpc) is 3.37. The first kappa shape index (κ1) is 22.8. The minimum absolute atomic E-state index is 0.151. The normalized spacial score (nSPS) is 22.7. The SMILES string of the molecule is CCCCc1ccc(-c2ccc(/C=C3/SC(=S)N(C4CCCC(C(=O)O)C4)C3=O)o2)cc1. The summed E-state index contributed by atoms with van der Waals surface area (Å²) < 4.78 is 6.48. The highest BCUT2D eigenvalue weighted by molar-refractivity contribution is 8.26. The van der Waals surface area contributed by atoms with E-state index in [1.54, 1.807) is 11.0 Å². The molecular weight excluding hydrogens is 442 g/mol. The molecule has 1 amide bonds. The third-order valence-corrected chi connectivity index (χ3v) is 7.47. The first-order valence-electron chi connectivity index (χ1n) is 11.1. The molecule has 7 heteroatoms. The van der Waals surface area contributed by atoms with Crippen LogP contribution in [-0.4, -0.2) is 32.2 Å². The predicted octanol–water partition coefficient (Wildman–Crippen LogP) is 6.13. The van der Waals surface area contributed by atoms with Gasteiger partial charge in [0.25, 0.3) is 5.91 Å². The van der Waals surface area contributed by atoms with E-state index < -0.39 is 11.9 Å². The Morgan fingerprint density at radius 1 is 1.25 bits per heavy atom. The van der Waals surface area contributed by atoms with Crippen molar-refractivity contribution < 1.29 is 19.1 Å². The van der Waals surface area contributed by atoms with Crippen molar-refractivity contribution in [2.24, 2.45) is 5.92 Å². The molecule has 2 fully saturated rings. The molecule has 2 aromatic rings. The Balaban J connectivity index is 1.47. The lowest BCUT2D eigenvalue weighted by atomic mass is 9.85. The molecule has 1 saturated carbocycles. The van der Waals surface area contributed by atoms with Crippen molar-refractivity contribution in [2.75, 3.05) is 0 Å². The maximum absolute atomic E-state index is 13.1. The van der Waals surface area contributed by atoms with E-state index >= 15 is 0 Å². The standard InChI is InChI=1S/C25H27NO4S2/c1-2-3-5-16-8-10-17(11-9-16)21-13-12-20(30-21)15-22-23(27)26(25(31)32-22)19-7-4-6-18(14-19)24(28)29/h8-13,15,18-19H,2-7,14H2,1H3,(H,28,29)/b22-15+. The molecule has 0 bridgehead atoms. The highest BCUT2D eigenvalue weighted by Gasteiger charge is 2.40. The Labute approximate surface area is 197 Å². The second-order valence-electron chi connectivity index (χ2n) is 8.41. The summed E-state index contributed by atoms with van der Waals surface area (Å²) in [5.74, 6) is -0.0113. The molecule has 5 nitrogen and oxygen atoms in total. The smallest absolute Gasteiger partial charge is 0.306 e. The number of hydrogen-bond donors (Lipinski definition) is 1. The highest BCUT2D eigenvalue weighted by Crippen LogP contribution is 2.39. The summed E-state index contributed by atoms with van der Waals surface area (Å²) in [4.78, 5) is 26.6. The van der Waals surface area contributed by atoms with Gasteiger partial charge in [0.15, 0.2) is 0 Å². The second kappa shape index (κ2) is 10.0. The van der Waals surface area contributed by atoms with Crippen LogP contribution in [0.15, 0.2) is 45.7 Å². The number of aliphatic carboxylic acids is 1. The summed E-state index contributed by atoms with van der Waals surface area (Å²) in [7, 11) is 0. The second-order valence-corrected chi connectivity index (χ2v) is 10.1. The number of carboxylic acid groups (broad SMARTS) is 1. The fraction of sp³-hybridized carbons (Fsp3) is 0.400. The molecule has 1 saturated heterocycles. The third kappa shape index (κ3) is 4.99. The molecule has 1 aromatic carbocycles. The lowest BCUT2D eigenvalue weighted by molar-refractivity contribution is -0.144. The number of thioether (sulfide) groups is 1. The van der Waals surface area contributed by atoms with Crippen LogP contribution in [0, 0.1) is 5.92 Å². The molecule has 1 aromatic heterocycles. The minimum atomic E-state index is -0.794. The van der Waals surface area contributed by atoms with Gasteiger partial charge in [-0.15, -0.1) is 0 Å². The van der Waals surface area contributed by atoms with Crippen LogP contribution in [0.2, 0.25) is 0 Å². The minimum Gasteiger partial charge on any atom is -0.481 e. The number of hydrogen-bond acceptors (Lipinski definition) is 5. The number of carbonyl (C=O) groups is 2. The Morgan fingerprint density at radius 3 is 2.75 bits per heavy atom. The summed E-state index contributed by atoms with van der Waals surface area (Å²) in [6.45, 7) is 2.19. The van der Waals surface area contributed by atoms with E-state index in [9.17, 15) is 14.7 Å². The van der Waals surface area contributed by atoms with E-state index in [0.29, 0.717) is 27.8 Å². The zero-order valence-corrected chi connectivity index (χ0v) is 19.7. The molecule has 168 valence electrons. The number of nitrogens with zero attached hydrogens (tertiary/aromatic N) is 1. The predicted molar refractivity (Wildman–Crippen MR) is 131 cm³/mol. The van der Waals surface area contributed by atoms with Crippen molar-refractivity contribution in [3.8, 4) is 11.3 Å². The van der Waals surface area contributed by atoms with E-state index in [1.807, 2.05) is 12.1 Å². The van der Waals surface area contributed by atoms with Gasteiger partial charge in [-0.1, -0.05) is 68.0 Å².